The van der Waals surface area contributed by atoms with Gasteiger partial charge in [-0.1, -0.05) is 12.1 Å². The van der Waals surface area contributed by atoms with Crippen LogP contribution < -0.4 is 15.4 Å². The first-order valence-electron chi connectivity index (χ1n) is 8.99. The molecule has 0 unspecified atom stereocenters. The van der Waals surface area contributed by atoms with E-state index in [1.165, 1.54) is 36.8 Å². The molecule has 1 aromatic carbocycles. The number of nitrogens with zero attached hydrogens (tertiary/aromatic N) is 1. The molecule has 0 amide bonds. The van der Waals surface area contributed by atoms with E-state index in [1.807, 2.05) is 0 Å². The molecule has 4 nitrogen and oxygen atoms in total. The predicted octanol–water partition coefficient (Wildman–Crippen LogP) is 3.25. The van der Waals surface area contributed by atoms with Crippen LogP contribution in [0.15, 0.2) is 23.2 Å². The number of ether oxygens (including phenoxy) is 1. The Labute approximate surface area is 139 Å². The molecule has 0 aromatic heterocycles. The Balaban J connectivity index is 1.62. The van der Waals surface area contributed by atoms with Gasteiger partial charge < -0.3 is 15.4 Å². The summed E-state index contributed by atoms with van der Waals surface area (Å²) in [6, 6.07) is 6.42. The summed E-state index contributed by atoms with van der Waals surface area (Å²) in [5.41, 5.74) is 2.40. The Bertz CT molecular complexity index is 548. The second-order valence-electron chi connectivity index (χ2n) is 6.88. The van der Waals surface area contributed by atoms with Gasteiger partial charge in [0.25, 0.3) is 0 Å². The number of rotatable bonds is 8. The highest BCUT2D eigenvalue weighted by atomic mass is 16.5. The molecule has 2 aliphatic rings. The van der Waals surface area contributed by atoms with Crippen molar-refractivity contribution in [2.24, 2.45) is 16.8 Å². The molecule has 0 heterocycles. The first-order valence-corrected chi connectivity index (χ1v) is 8.99. The summed E-state index contributed by atoms with van der Waals surface area (Å²) in [7, 11) is 0. The van der Waals surface area contributed by atoms with Crippen LogP contribution in [0.2, 0.25) is 0 Å². The maximum absolute atomic E-state index is 6.03. The van der Waals surface area contributed by atoms with Crippen LogP contribution in [0.3, 0.4) is 0 Å². The Morgan fingerprint density at radius 1 is 1.17 bits per heavy atom. The average Bonchev–Trinajstić information content (AvgIpc) is 3.44. The zero-order valence-corrected chi connectivity index (χ0v) is 14.4. The molecule has 2 N–H and O–H groups in total. The SMILES string of the molecule is CCNC(=NCc1ccc(C)cc1OCC1CC1)NCC1CC1. The molecule has 126 valence electrons. The fraction of sp³-hybridized carbons (Fsp3) is 0.632. The van der Waals surface area contributed by atoms with Gasteiger partial charge in [-0.05, 0) is 63.0 Å². The fourth-order valence-electron chi connectivity index (χ4n) is 2.49. The molecule has 0 radical (unpaired) electrons. The highest BCUT2D eigenvalue weighted by Gasteiger charge is 2.22. The van der Waals surface area contributed by atoms with E-state index in [0.29, 0.717) is 6.54 Å². The highest BCUT2D eigenvalue weighted by Crippen LogP contribution is 2.31. The third-order valence-electron chi connectivity index (χ3n) is 4.40. The largest absolute Gasteiger partial charge is 0.493 e. The van der Waals surface area contributed by atoms with E-state index in [1.54, 1.807) is 0 Å². The summed E-state index contributed by atoms with van der Waals surface area (Å²) < 4.78 is 6.03. The Morgan fingerprint density at radius 2 is 1.96 bits per heavy atom. The van der Waals surface area contributed by atoms with Crippen LogP contribution in [0, 0.1) is 18.8 Å². The van der Waals surface area contributed by atoms with E-state index in [-0.39, 0.29) is 0 Å². The van der Waals surface area contributed by atoms with Crippen molar-refractivity contribution in [1.29, 1.82) is 0 Å². The van der Waals surface area contributed by atoms with Gasteiger partial charge in [0.15, 0.2) is 5.96 Å². The minimum atomic E-state index is 0.653. The molecule has 0 bridgehead atoms. The lowest BCUT2D eigenvalue weighted by Gasteiger charge is -2.13. The van der Waals surface area contributed by atoms with Crippen molar-refractivity contribution in [3.8, 4) is 5.75 Å². The fourth-order valence-corrected chi connectivity index (χ4v) is 2.49. The molecule has 2 fully saturated rings. The second kappa shape index (κ2) is 7.71. The van der Waals surface area contributed by atoms with Crippen LogP contribution in [0.25, 0.3) is 0 Å². The van der Waals surface area contributed by atoms with Gasteiger partial charge in [-0.2, -0.15) is 0 Å². The number of benzene rings is 1. The van der Waals surface area contributed by atoms with E-state index >= 15 is 0 Å². The van der Waals surface area contributed by atoms with Crippen molar-refractivity contribution < 1.29 is 4.74 Å². The number of hydrogen-bond acceptors (Lipinski definition) is 2. The van der Waals surface area contributed by atoms with Crippen molar-refractivity contribution >= 4 is 5.96 Å². The first kappa shape index (κ1) is 16.2. The third kappa shape index (κ3) is 5.45. The summed E-state index contributed by atoms with van der Waals surface area (Å²) in [6.45, 7) is 7.63. The molecule has 2 saturated carbocycles. The molecule has 1 aromatic rings. The summed E-state index contributed by atoms with van der Waals surface area (Å²) in [5.74, 6) is 3.52. The molecule has 0 saturated heterocycles. The highest BCUT2D eigenvalue weighted by molar-refractivity contribution is 5.79. The van der Waals surface area contributed by atoms with Gasteiger partial charge in [-0.25, -0.2) is 4.99 Å². The molecular formula is C19H29N3O. The smallest absolute Gasteiger partial charge is 0.191 e. The summed E-state index contributed by atoms with van der Waals surface area (Å²) >= 11 is 0. The van der Waals surface area contributed by atoms with Gasteiger partial charge in [0, 0.05) is 18.7 Å². The monoisotopic (exact) mass is 315 g/mol. The van der Waals surface area contributed by atoms with Crippen molar-refractivity contribution in [2.45, 2.75) is 46.1 Å². The van der Waals surface area contributed by atoms with Gasteiger partial charge in [0.1, 0.15) is 5.75 Å². The summed E-state index contributed by atoms with van der Waals surface area (Å²) in [6.07, 6.45) is 5.33. The van der Waals surface area contributed by atoms with Gasteiger partial charge in [-0.15, -0.1) is 0 Å². The van der Waals surface area contributed by atoms with Gasteiger partial charge in [0.05, 0.1) is 13.2 Å². The van der Waals surface area contributed by atoms with Crippen LogP contribution >= 0.6 is 0 Å². The summed E-state index contributed by atoms with van der Waals surface area (Å²) in [5, 5.41) is 6.77. The normalized spacial score (nSPS) is 17.9. The van der Waals surface area contributed by atoms with E-state index in [4.69, 9.17) is 9.73 Å². The number of aryl methyl sites for hydroxylation is 1. The molecule has 0 spiro atoms. The van der Waals surface area contributed by atoms with Crippen molar-refractivity contribution in [1.82, 2.24) is 10.6 Å². The number of guanidine groups is 1. The Kier molecular flexibility index (Phi) is 5.42. The number of hydrogen-bond donors (Lipinski definition) is 2. The maximum atomic E-state index is 6.03. The lowest BCUT2D eigenvalue weighted by molar-refractivity contribution is 0.296. The van der Waals surface area contributed by atoms with Gasteiger partial charge in [0.2, 0.25) is 0 Å². The molecule has 3 rings (SSSR count). The van der Waals surface area contributed by atoms with Gasteiger partial charge >= 0.3 is 0 Å². The van der Waals surface area contributed by atoms with Crippen LogP contribution in [0.5, 0.6) is 5.75 Å². The van der Waals surface area contributed by atoms with E-state index in [2.05, 4.69) is 42.7 Å². The van der Waals surface area contributed by atoms with Crippen molar-refractivity contribution in [3.05, 3.63) is 29.3 Å². The zero-order valence-electron chi connectivity index (χ0n) is 14.4. The standard InChI is InChI=1S/C19H29N3O/c1-3-20-19(21-11-15-5-6-15)22-12-17-9-4-14(2)10-18(17)23-13-16-7-8-16/h4,9-10,15-16H,3,5-8,11-13H2,1-2H3,(H2,20,21,22). The molecular weight excluding hydrogens is 286 g/mol. The topological polar surface area (TPSA) is 45.7 Å². The number of nitrogens with one attached hydrogen (secondary N) is 2. The Hall–Kier alpha value is -1.71. The van der Waals surface area contributed by atoms with E-state index in [0.717, 1.165) is 43.2 Å². The summed E-state index contributed by atoms with van der Waals surface area (Å²) in [4.78, 5) is 4.73. The van der Waals surface area contributed by atoms with E-state index < -0.39 is 0 Å². The van der Waals surface area contributed by atoms with Crippen LogP contribution in [-0.4, -0.2) is 25.7 Å². The molecule has 23 heavy (non-hydrogen) atoms. The first-order chi connectivity index (χ1) is 11.2. The molecule has 0 atom stereocenters. The Morgan fingerprint density at radius 3 is 2.65 bits per heavy atom. The predicted molar refractivity (Wildman–Crippen MR) is 94.9 cm³/mol. The van der Waals surface area contributed by atoms with Gasteiger partial charge in [-0.3, -0.25) is 0 Å². The van der Waals surface area contributed by atoms with Crippen molar-refractivity contribution in [3.63, 3.8) is 0 Å². The number of aliphatic imine (C=N–C) groups is 1. The minimum Gasteiger partial charge on any atom is -0.493 e. The lowest BCUT2D eigenvalue weighted by Crippen LogP contribution is -2.38. The van der Waals surface area contributed by atoms with Crippen LogP contribution in [-0.2, 0) is 6.54 Å². The molecule has 0 aliphatic heterocycles. The van der Waals surface area contributed by atoms with E-state index in [9.17, 15) is 0 Å². The average molecular weight is 315 g/mol. The van der Waals surface area contributed by atoms with Crippen LogP contribution in [0.1, 0.15) is 43.7 Å². The second-order valence-corrected chi connectivity index (χ2v) is 6.88. The lowest BCUT2D eigenvalue weighted by atomic mass is 10.1. The maximum Gasteiger partial charge on any atom is 0.191 e. The molecule has 4 heteroatoms. The zero-order chi connectivity index (χ0) is 16.1. The molecule has 2 aliphatic carbocycles. The quantitative estimate of drug-likeness (QED) is 0.572. The minimum absolute atomic E-state index is 0.653. The van der Waals surface area contributed by atoms with Crippen molar-refractivity contribution in [2.75, 3.05) is 19.7 Å². The third-order valence-corrected chi connectivity index (χ3v) is 4.40. The van der Waals surface area contributed by atoms with Crippen LogP contribution in [0.4, 0.5) is 0 Å².